The molecular weight excluding hydrogens is 400 g/mol. The molecule has 28 heavy (non-hydrogen) atoms. The highest BCUT2D eigenvalue weighted by atomic mass is 32.2. The molecule has 1 N–H and O–H groups in total. The monoisotopic (exact) mass is 424 g/mol. The summed E-state index contributed by atoms with van der Waals surface area (Å²) in [5.74, 6) is -0.0897. The minimum atomic E-state index is -3.58. The van der Waals surface area contributed by atoms with Crippen molar-refractivity contribution in [1.82, 2.24) is 19.8 Å². The Morgan fingerprint density at radius 3 is 2.57 bits per heavy atom. The third-order valence-electron chi connectivity index (χ3n) is 5.28. The zero-order valence-corrected chi connectivity index (χ0v) is 17.2. The Labute approximate surface area is 168 Å². The summed E-state index contributed by atoms with van der Waals surface area (Å²) in [6, 6.07) is 1.53. The summed E-state index contributed by atoms with van der Waals surface area (Å²) in [4.78, 5) is 18.2. The van der Waals surface area contributed by atoms with Crippen LogP contribution in [-0.2, 0) is 10.0 Å². The van der Waals surface area contributed by atoms with Crippen LogP contribution in [0, 0.1) is 0 Å². The Bertz CT molecular complexity index is 923. The Kier molecular flexibility index (Phi) is 5.79. The molecule has 0 unspecified atom stereocenters. The Morgan fingerprint density at radius 1 is 1.14 bits per heavy atom. The molecule has 1 saturated heterocycles. The van der Waals surface area contributed by atoms with Gasteiger partial charge >= 0.3 is 11.8 Å². The summed E-state index contributed by atoms with van der Waals surface area (Å²) < 4.78 is 33.6. The van der Waals surface area contributed by atoms with Crippen molar-refractivity contribution in [3.63, 3.8) is 0 Å². The first-order chi connectivity index (χ1) is 13.5. The smallest absolute Gasteiger partial charge is 0.316 e. The second kappa shape index (κ2) is 8.30. The summed E-state index contributed by atoms with van der Waals surface area (Å²) in [6.07, 6.45) is 8.15. The molecule has 0 spiro atoms. The molecule has 8 nitrogen and oxygen atoms in total. The Morgan fingerprint density at radius 2 is 1.86 bits per heavy atom. The van der Waals surface area contributed by atoms with Crippen molar-refractivity contribution in [1.29, 1.82) is 0 Å². The first-order valence-electron chi connectivity index (χ1n) is 9.77. The van der Waals surface area contributed by atoms with Gasteiger partial charge in [-0.05, 0) is 31.7 Å². The van der Waals surface area contributed by atoms with Crippen molar-refractivity contribution in [2.75, 3.05) is 13.1 Å². The van der Waals surface area contributed by atoms with Gasteiger partial charge in [-0.3, -0.25) is 4.79 Å². The van der Waals surface area contributed by atoms with E-state index in [0.717, 1.165) is 62.7 Å². The maximum atomic E-state index is 12.7. The largest absolute Gasteiger partial charge is 0.334 e. The van der Waals surface area contributed by atoms with E-state index in [1.54, 1.807) is 16.3 Å². The lowest BCUT2D eigenvalue weighted by Gasteiger charge is -2.15. The van der Waals surface area contributed by atoms with Gasteiger partial charge in [-0.1, -0.05) is 30.8 Å². The lowest BCUT2D eigenvalue weighted by molar-refractivity contribution is 0.0743. The van der Waals surface area contributed by atoms with Crippen LogP contribution in [0.2, 0.25) is 0 Å². The molecule has 1 amide bonds. The highest BCUT2D eigenvalue weighted by Crippen LogP contribution is 2.28. The Hall–Kier alpha value is -1.78. The van der Waals surface area contributed by atoms with Gasteiger partial charge in [0.2, 0.25) is 15.8 Å². The molecule has 2 aliphatic rings. The molecule has 1 aliphatic carbocycles. The quantitative estimate of drug-likeness (QED) is 0.740. The zero-order valence-electron chi connectivity index (χ0n) is 15.6. The van der Waals surface area contributed by atoms with Crippen molar-refractivity contribution in [2.45, 2.75) is 61.6 Å². The van der Waals surface area contributed by atoms with E-state index in [0.29, 0.717) is 18.7 Å². The van der Waals surface area contributed by atoms with E-state index in [1.165, 1.54) is 0 Å². The number of amides is 1. The molecule has 0 aromatic carbocycles. The van der Waals surface area contributed by atoms with Crippen LogP contribution in [0.25, 0.3) is 11.4 Å². The van der Waals surface area contributed by atoms with E-state index in [4.69, 9.17) is 4.52 Å². The summed E-state index contributed by atoms with van der Waals surface area (Å²) in [7, 11) is -3.58. The molecule has 3 heterocycles. The van der Waals surface area contributed by atoms with Gasteiger partial charge in [0.25, 0.3) is 0 Å². The van der Waals surface area contributed by atoms with Crippen LogP contribution in [0.4, 0.5) is 0 Å². The van der Waals surface area contributed by atoms with Crippen molar-refractivity contribution < 1.29 is 17.7 Å². The van der Waals surface area contributed by atoms with Gasteiger partial charge in [0, 0.05) is 30.1 Å². The maximum absolute atomic E-state index is 12.7. The summed E-state index contributed by atoms with van der Waals surface area (Å²) in [5.41, 5.74) is 0.537. The molecule has 0 atom stereocenters. The third-order valence-corrected chi connectivity index (χ3v) is 8.24. The number of nitrogens with zero attached hydrogens (tertiary/aromatic N) is 3. The van der Waals surface area contributed by atoms with Gasteiger partial charge < -0.3 is 9.42 Å². The number of carbonyl (C=O) groups excluding carboxylic acids is 1. The first kappa shape index (κ1) is 19.5. The zero-order chi connectivity index (χ0) is 19.6. The van der Waals surface area contributed by atoms with Crippen LogP contribution in [0.3, 0.4) is 0 Å². The van der Waals surface area contributed by atoms with Gasteiger partial charge in [0.1, 0.15) is 4.21 Å². The van der Waals surface area contributed by atoms with Crippen molar-refractivity contribution in [3.05, 3.63) is 17.3 Å². The van der Waals surface area contributed by atoms with E-state index >= 15 is 0 Å². The van der Waals surface area contributed by atoms with E-state index in [9.17, 15) is 13.2 Å². The molecular formula is C18H24N4O4S2. The molecule has 2 aromatic heterocycles. The van der Waals surface area contributed by atoms with Crippen LogP contribution in [-0.4, -0.2) is 48.5 Å². The number of carbonyl (C=O) groups is 1. The molecule has 10 heteroatoms. The summed E-state index contributed by atoms with van der Waals surface area (Å²) in [5, 5.41) is 5.54. The SMILES string of the molecule is O=C(c1nc(-c2csc(S(=O)(=O)NC3CCCCCC3)c2)no1)N1CCCC1. The van der Waals surface area contributed by atoms with E-state index in [2.05, 4.69) is 14.9 Å². The van der Waals surface area contributed by atoms with Gasteiger partial charge in [-0.15, -0.1) is 11.3 Å². The fourth-order valence-corrected chi connectivity index (χ4v) is 6.21. The predicted molar refractivity (Wildman–Crippen MR) is 105 cm³/mol. The van der Waals surface area contributed by atoms with Crippen LogP contribution >= 0.6 is 11.3 Å². The van der Waals surface area contributed by atoms with Gasteiger partial charge in [0.05, 0.1) is 0 Å². The van der Waals surface area contributed by atoms with Crippen molar-refractivity contribution in [3.8, 4) is 11.4 Å². The number of thiophene rings is 1. The maximum Gasteiger partial charge on any atom is 0.316 e. The van der Waals surface area contributed by atoms with Crippen molar-refractivity contribution >= 4 is 27.3 Å². The highest BCUT2D eigenvalue weighted by Gasteiger charge is 2.27. The average molecular weight is 425 g/mol. The van der Waals surface area contributed by atoms with Crippen LogP contribution in [0.5, 0.6) is 0 Å². The first-order valence-corrected chi connectivity index (χ1v) is 12.1. The van der Waals surface area contributed by atoms with E-state index < -0.39 is 10.0 Å². The summed E-state index contributed by atoms with van der Waals surface area (Å²) in [6.45, 7) is 1.40. The lowest BCUT2D eigenvalue weighted by Crippen LogP contribution is -2.33. The Balaban J connectivity index is 1.47. The number of aromatic nitrogens is 2. The van der Waals surface area contributed by atoms with Crippen LogP contribution in [0.1, 0.15) is 62.1 Å². The van der Waals surface area contributed by atoms with E-state index in [1.807, 2.05) is 0 Å². The number of hydrogen-bond acceptors (Lipinski definition) is 7. The minimum Gasteiger partial charge on any atom is -0.334 e. The number of likely N-dealkylation sites (tertiary alicyclic amines) is 1. The molecule has 4 rings (SSSR count). The second-order valence-corrected chi connectivity index (χ2v) is 10.2. The standard InChI is InChI=1S/C18H24N4O4S2/c23-18(22-9-5-6-10-22)17-19-16(20-26-17)13-11-15(27-12-13)28(24,25)21-14-7-3-1-2-4-8-14/h11-12,14,21H,1-10H2. The van der Waals surface area contributed by atoms with Gasteiger partial charge in [-0.2, -0.15) is 4.98 Å². The lowest BCUT2D eigenvalue weighted by atomic mass is 10.1. The molecule has 1 saturated carbocycles. The molecule has 0 radical (unpaired) electrons. The fourth-order valence-electron chi connectivity index (χ4n) is 3.73. The normalized spacial score (nSPS) is 19.1. The molecule has 2 fully saturated rings. The molecule has 1 aliphatic heterocycles. The molecule has 0 bridgehead atoms. The minimum absolute atomic E-state index is 0.00656. The number of nitrogens with one attached hydrogen (secondary N) is 1. The summed E-state index contributed by atoms with van der Waals surface area (Å²) >= 11 is 1.12. The van der Waals surface area contributed by atoms with Crippen LogP contribution < -0.4 is 4.72 Å². The van der Waals surface area contributed by atoms with Gasteiger partial charge in [0.15, 0.2) is 0 Å². The van der Waals surface area contributed by atoms with Gasteiger partial charge in [-0.25, -0.2) is 13.1 Å². The topological polar surface area (TPSA) is 105 Å². The third kappa shape index (κ3) is 4.28. The van der Waals surface area contributed by atoms with Crippen LogP contribution in [0.15, 0.2) is 20.2 Å². The highest BCUT2D eigenvalue weighted by molar-refractivity contribution is 7.91. The average Bonchev–Trinajstić information content (AvgIpc) is 3.41. The second-order valence-electron chi connectivity index (χ2n) is 7.39. The fraction of sp³-hybridized carbons (Fsp3) is 0.611. The number of hydrogen-bond donors (Lipinski definition) is 1. The molecule has 2 aromatic rings. The predicted octanol–water partition coefficient (Wildman–Crippen LogP) is 3.04. The van der Waals surface area contributed by atoms with Crippen molar-refractivity contribution in [2.24, 2.45) is 0 Å². The number of sulfonamides is 1. The molecule has 152 valence electrons. The van der Waals surface area contributed by atoms with E-state index in [-0.39, 0.29) is 27.9 Å². The number of rotatable bonds is 5.